The number of carbonyl (C=O) groups excluding carboxylic acids is 8. The van der Waals surface area contributed by atoms with Gasteiger partial charge in [0, 0.05) is 44.8 Å². The van der Waals surface area contributed by atoms with Crippen LogP contribution in [0.25, 0.3) is 21.5 Å². The predicted molar refractivity (Wildman–Crippen MR) is 427 cm³/mol. The van der Waals surface area contributed by atoms with Crippen LogP contribution in [0.15, 0.2) is 162 Å². The SMILES string of the molecule is CN[C@@H](C)C(=O)NC(C(=O)N1CCC2C1C(=O)N[C@@H](Cc1ccc3ccccc3c1)C(=O)N[C@H](C(=O)O)Cc1ccc(cc1)OC/C(N)=C/N(N)C1CCN(C(=O)[C@@H](NC(=O)[C@H](C)NC)C(C)(C)C)C1C(=O)N[C@@H](Cc1ccc3ccccc3c1)C(=O)N[C@H](c1nc(=S)o[nH]1)Cc1ccc(cc1)OC/C(N)=C/N2N)C(C)(C)C. The number of ether oxygens (including phenoxy) is 2. The second kappa shape index (κ2) is 36.8. The molecule has 602 valence electrons. The molecule has 18 N–H and O–H groups in total. The van der Waals surface area contributed by atoms with E-state index in [-0.39, 0.29) is 92.6 Å². The zero-order valence-corrected chi connectivity index (χ0v) is 66.0. The number of benzene rings is 6. The fourth-order valence-corrected chi connectivity index (χ4v) is 14.3. The number of aromatic amines is 1. The molecule has 6 aliphatic rings. The largest absolute Gasteiger partial charge is 0.487 e. The average Bonchev–Trinajstić information content (AvgIpc) is 1.66. The summed E-state index contributed by atoms with van der Waals surface area (Å²) < 4.78 is 17.8. The number of carbonyl (C=O) groups is 9. The maximum Gasteiger partial charge on any atom is 0.326 e. The Morgan fingerprint density at radius 3 is 1.36 bits per heavy atom. The molecule has 2 fully saturated rings. The molecule has 5 unspecified atom stereocenters. The smallest absolute Gasteiger partial charge is 0.326 e. The Labute approximate surface area is 661 Å². The molecular weight excluding hydrogens is 1470 g/mol. The van der Waals surface area contributed by atoms with Gasteiger partial charge in [0.1, 0.15) is 67.0 Å². The number of aromatic nitrogens is 2. The molecule has 6 aliphatic heterocycles. The van der Waals surface area contributed by atoms with Gasteiger partial charge in [-0.15, -0.1) is 0 Å². The third-order valence-corrected chi connectivity index (χ3v) is 20.9. The molecule has 1 aromatic heterocycles. The Hall–Kier alpha value is -11.5. The molecule has 6 aromatic carbocycles. The number of fused-ring (bicyclic) bond motifs is 2. The van der Waals surface area contributed by atoms with Gasteiger partial charge >= 0.3 is 10.8 Å². The summed E-state index contributed by atoms with van der Waals surface area (Å²) in [5.41, 5.74) is 14.1. The van der Waals surface area contributed by atoms with Crippen molar-refractivity contribution < 1.29 is 62.3 Å². The van der Waals surface area contributed by atoms with Crippen molar-refractivity contribution in [1.29, 1.82) is 0 Å². The first-order valence-electron chi connectivity index (χ1n) is 37.6. The number of hydrazine groups is 2. The maximum absolute atomic E-state index is 15.7. The minimum absolute atomic E-state index is 0.0253. The second-order valence-corrected chi connectivity index (χ2v) is 31.5. The van der Waals surface area contributed by atoms with Crippen LogP contribution in [-0.2, 0) is 68.8 Å². The highest BCUT2D eigenvalue weighted by Crippen LogP contribution is 2.32. The molecule has 0 spiro atoms. The van der Waals surface area contributed by atoms with E-state index in [1.165, 1.54) is 32.2 Å². The lowest BCUT2D eigenvalue weighted by molar-refractivity contribution is -0.145. The number of nitrogens with zero attached hydrogens (tertiary/aromatic N) is 5. The van der Waals surface area contributed by atoms with Crippen LogP contribution in [0.3, 0.4) is 0 Å². The number of nitrogens with one attached hydrogen (secondary N) is 9. The number of likely N-dealkylation sites (N-methyl/N-ethyl adjacent to an activating group) is 2. The molecule has 32 heteroatoms. The third kappa shape index (κ3) is 21.4. The number of rotatable bonds is 14. The normalized spacial score (nSPS) is 22.9. The van der Waals surface area contributed by atoms with E-state index in [0.717, 1.165) is 21.5 Å². The molecule has 13 rings (SSSR count). The highest BCUT2D eigenvalue weighted by Gasteiger charge is 2.51. The van der Waals surface area contributed by atoms with Gasteiger partial charge in [0.25, 0.3) is 0 Å². The molecule has 4 bridgehead atoms. The van der Waals surface area contributed by atoms with Crippen molar-refractivity contribution in [2.24, 2.45) is 34.0 Å². The van der Waals surface area contributed by atoms with Gasteiger partial charge in [-0.05, 0) is 138 Å². The van der Waals surface area contributed by atoms with Gasteiger partial charge in [-0.2, -0.15) is 4.98 Å². The van der Waals surface area contributed by atoms with Crippen LogP contribution in [0.1, 0.15) is 102 Å². The molecular formula is C81H104N18O13S. The van der Waals surface area contributed by atoms with Gasteiger partial charge in [-0.25, -0.2) is 21.6 Å². The highest BCUT2D eigenvalue weighted by atomic mass is 32.1. The maximum atomic E-state index is 15.7. The van der Waals surface area contributed by atoms with E-state index in [0.29, 0.717) is 28.0 Å². The molecule has 7 heterocycles. The number of aliphatic carboxylic acids is 1. The number of amides is 8. The Kier molecular flexibility index (Phi) is 27.4. The summed E-state index contributed by atoms with van der Waals surface area (Å²) >= 11 is 5.32. The van der Waals surface area contributed by atoms with E-state index >= 15 is 28.8 Å². The summed E-state index contributed by atoms with van der Waals surface area (Å²) in [6, 6.07) is 25.6. The van der Waals surface area contributed by atoms with Crippen molar-refractivity contribution in [3.8, 4) is 11.5 Å². The first-order valence-corrected chi connectivity index (χ1v) is 38.0. The minimum atomic E-state index is -1.56. The summed E-state index contributed by atoms with van der Waals surface area (Å²) in [5.74, 6) is 8.03. The number of carboxylic acids is 1. The quantitative estimate of drug-likeness (QED) is 0.0546. The van der Waals surface area contributed by atoms with Gasteiger partial charge in [-0.1, -0.05) is 151 Å². The number of hydrogen-bond donors (Lipinski definition) is 14. The van der Waals surface area contributed by atoms with E-state index < -0.39 is 137 Å². The zero-order chi connectivity index (χ0) is 81.8. The van der Waals surface area contributed by atoms with Gasteiger partial charge < -0.3 is 92.9 Å². The molecule has 0 radical (unpaired) electrons. The second-order valence-electron chi connectivity index (χ2n) is 31.2. The van der Waals surface area contributed by atoms with Crippen LogP contribution >= 0.6 is 12.2 Å². The molecule has 113 heavy (non-hydrogen) atoms. The lowest BCUT2D eigenvalue weighted by Gasteiger charge is -2.38. The van der Waals surface area contributed by atoms with Crippen LogP contribution in [0.5, 0.6) is 11.5 Å². The summed E-state index contributed by atoms with van der Waals surface area (Å²) in [5, 5.41) is 42.8. The molecule has 31 nitrogen and oxygen atoms in total. The number of hydrogen-bond acceptors (Lipinski definition) is 22. The van der Waals surface area contributed by atoms with E-state index in [9.17, 15) is 19.5 Å². The zero-order valence-electron chi connectivity index (χ0n) is 65.2. The monoisotopic (exact) mass is 1570 g/mol. The number of nitrogens with two attached hydrogens (primary N) is 4. The first kappa shape index (κ1) is 84.0. The van der Waals surface area contributed by atoms with Crippen LogP contribution in [-0.4, -0.2) is 195 Å². The Morgan fingerprint density at radius 2 is 0.973 bits per heavy atom. The molecule has 8 amide bonds. The average molecular weight is 1570 g/mol. The molecule has 0 aliphatic carbocycles. The molecule has 2 saturated heterocycles. The standard InChI is InChI=1S/C81H104N18O13S/c1-45(86-9)70(100)92-67(80(3,4)5)76(106)96-33-31-63-65(96)74(104)89-60(39-49-19-25-51-15-11-13-17-53(51)35-49)72(102)88-59(69-94-79(113)112-95-69)37-47-21-27-57(28-22-47)110-43-55(82)41-99(85)64-32-34-97(77(107)68(81(6,7)8)93-71(101)46(2)87-10)66(64)75(105)90-61(40-50-20-26-52-16-12-14-18-54(52)36-50)73(103)91-62(78(108)109)38-48-23-29-58(30-24-48)111-44-56(83)42-98(63)84/h11-30,35-36,41-42,45-46,59-68,86-87H,31-34,37-40,43-44,82-85H2,1-10H3,(H,88,102)(H,89,104)(H,90,105)(H,91,103)(H,92,100)(H,93,101)(H,108,109)(H,94,95,113)/b55-41-,56-42-/t45-,46-,59-,60-,61-,62-,63?,64?,65?,66?,67+,68?/m0/s1. The van der Waals surface area contributed by atoms with Crippen LogP contribution in [0.4, 0.5) is 0 Å². The summed E-state index contributed by atoms with van der Waals surface area (Å²) in [6.07, 6.45) is 2.57. The van der Waals surface area contributed by atoms with Crippen molar-refractivity contribution in [1.82, 2.24) is 72.5 Å². The number of likely N-dealkylation sites (tertiary alicyclic amines) is 2. The van der Waals surface area contributed by atoms with Crippen LogP contribution < -0.4 is 75.2 Å². The predicted octanol–water partition coefficient (Wildman–Crippen LogP) is 3.65. The first-order chi connectivity index (χ1) is 53.7. The van der Waals surface area contributed by atoms with E-state index in [1.54, 1.807) is 124 Å². The summed E-state index contributed by atoms with van der Waals surface area (Å²) in [7, 11) is 3.22. The van der Waals surface area contributed by atoms with Crippen molar-refractivity contribution in [3.63, 3.8) is 0 Å². The Morgan fingerprint density at radius 1 is 0.566 bits per heavy atom. The van der Waals surface area contributed by atoms with E-state index in [4.69, 9.17) is 49.4 Å². The Bertz CT molecular complexity index is 4730. The van der Waals surface area contributed by atoms with Crippen LogP contribution in [0.2, 0.25) is 0 Å². The Balaban J connectivity index is 1.02. The van der Waals surface area contributed by atoms with Crippen molar-refractivity contribution in [3.05, 3.63) is 190 Å². The fourth-order valence-electron chi connectivity index (χ4n) is 14.1. The van der Waals surface area contributed by atoms with Gasteiger partial charge in [0.05, 0.1) is 41.6 Å². The topological polar surface area (TPSA) is 447 Å². The minimum Gasteiger partial charge on any atom is -0.487 e. The summed E-state index contributed by atoms with van der Waals surface area (Å²) in [4.78, 5) is 140. The lowest BCUT2D eigenvalue weighted by Crippen LogP contribution is -2.63. The highest BCUT2D eigenvalue weighted by molar-refractivity contribution is 7.71. The van der Waals surface area contributed by atoms with Crippen molar-refractivity contribution in [2.75, 3.05) is 40.4 Å². The van der Waals surface area contributed by atoms with Gasteiger partial charge in [0.15, 0.2) is 5.82 Å². The molecule has 0 saturated carbocycles. The summed E-state index contributed by atoms with van der Waals surface area (Å²) in [6.45, 7) is 13.4. The van der Waals surface area contributed by atoms with E-state index in [1.807, 2.05) is 78.9 Å². The number of H-pyrrole nitrogens is 1. The fraction of sp³-hybridized carbons (Fsp3) is 0.420. The molecule has 12 atom stereocenters. The molecule has 7 aromatic rings. The van der Waals surface area contributed by atoms with Gasteiger partial charge in [-0.3, -0.25) is 38.4 Å². The van der Waals surface area contributed by atoms with E-state index in [2.05, 4.69) is 52.7 Å². The lowest BCUT2D eigenvalue weighted by atomic mass is 9.85. The third-order valence-electron chi connectivity index (χ3n) is 20.7. The van der Waals surface area contributed by atoms with Crippen molar-refractivity contribution >= 4 is 87.0 Å². The van der Waals surface area contributed by atoms with Gasteiger partial charge in [0.2, 0.25) is 47.3 Å². The van der Waals surface area contributed by atoms with Crippen molar-refractivity contribution in [2.45, 2.75) is 166 Å². The van der Waals surface area contributed by atoms with Crippen LogP contribution in [0, 0.1) is 15.7 Å². The number of carboxylic acid groups (broad SMARTS) is 1.